The second-order valence-electron chi connectivity index (χ2n) is 13.2. The Labute approximate surface area is 272 Å². The second kappa shape index (κ2) is 13.0. The van der Waals surface area contributed by atoms with E-state index >= 15 is 0 Å². The number of carboxylic acids is 1. The van der Waals surface area contributed by atoms with Crippen molar-refractivity contribution >= 4 is 57.3 Å². The van der Waals surface area contributed by atoms with Gasteiger partial charge in [0.25, 0.3) is 11.4 Å². The van der Waals surface area contributed by atoms with Crippen LogP contribution in [-0.2, 0) is 14.2 Å². The Morgan fingerprint density at radius 3 is 1.33 bits per heavy atom. The summed E-state index contributed by atoms with van der Waals surface area (Å²) in [6.07, 6.45) is -1.66. The highest BCUT2D eigenvalue weighted by Gasteiger charge is 2.29. The van der Waals surface area contributed by atoms with Crippen LogP contribution in [-0.4, -0.2) is 75.4 Å². The Morgan fingerprint density at radius 2 is 1.00 bits per heavy atom. The van der Waals surface area contributed by atoms with Gasteiger partial charge in [-0.15, -0.1) is 0 Å². The van der Waals surface area contributed by atoms with Gasteiger partial charge in [-0.3, -0.25) is 20.2 Å². The smallest absolute Gasteiger partial charge is 0.435 e. The first kappa shape index (κ1) is 36.5. The number of fused-ring (bicyclic) bond motifs is 2. The fourth-order valence-electron chi connectivity index (χ4n) is 3.96. The van der Waals surface area contributed by atoms with Crippen LogP contribution in [0.2, 0.25) is 0 Å². The van der Waals surface area contributed by atoms with E-state index in [0.29, 0.717) is 0 Å². The van der Waals surface area contributed by atoms with Crippen LogP contribution in [0.3, 0.4) is 0 Å². The topological polar surface area (TPSA) is 238 Å². The van der Waals surface area contributed by atoms with Crippen LogP contribution < -0.4 is 0 Å². The number of ether oxygens (including phenoxy) is 3. The number of nitrogens with zero attached hydrogens (tertiary/aromatic N) is 6. The quantitative estimate of drug-likeness (QED) is 0.112. The standard InChI is InChI=1S/C17H21N3O6.C13H13N3O6/c1-16(2,3)25-14(21)13-11-9-10(20(23)24)7-8-12(11)19(18-13)15(22)26-17(4,5)6;1-13(2,3)22-12(19)15-9-5-4-7(16(20)21)6-8(9)10(14-15)11(17)18/h7-9H,1-6H3;4-6H,1-3H3,(H,17,18). The lowest BCUT2D eigenvalue weighted by atomic mass is 10.1. The van der Waals surface area contributed by atoms with E-state index in [4.69, 9.17) is 19.3 Å². The summed E-state index contributed by atoms with van der Waals surface area (Å²) in [5, 5.41) is 38.8. The normalized spacial score (nSPS) is 11.8. The fraction of sp³-hybridized carbons (Fsp3) is 0.400. The van der Waals surface area contributed by atoms with Crippen LogP contribution in [0.4, 0.5) is 21.0 Å². The zero-order valence-electron chi connectivity index (χ0n) is 27.6. The first-order valence-corrected chi connectivity index (χ1v) is 14.2. The maximum atomic E-state index is 12.5. The molecule has 0 aliphatic heterocycles. The number of hydrogen-bond donors (Lipinski definition) is 1. The van der Waals surface area contributed by atoms with Crippen molar-refractivity contribution in [2.45, 2.75) is 79.1 Å². The molecule has 0 aliphatic carbocycles. The number of non-ortho nitro benzene ring substituents is 2. The van der Waals surface area contributed by atoms with E-state index in [-0.39, 0.29) is 38.9 Å². The molecular formula is C30H34N6O12. The van der Waals surface area contributed by atoms with Crippen LogP contribution >= 0.6 is 0 Å². The average Bonchev–Trinajstić information content (AvgIpc) is 3.49. The van der Waals surface area contributed by atoms with Gasteiger partial charge in [0.1, 0.15) is 16.8 Å². The minimum Gasteiger partial charge on any atom is -0.476 e. The summed E-state index contributed by atoms with van der Waals surface area (Å²) in [5.41, 5.74) is -3.19. The molecule has 0 unspecified atom stereocenters. The van der Waals surface area contributed by atoms with Gasteiger partial charge in [-0.25, -0.2) is 19.2 Å². The van der Waals surface area contributed by atoms with Gasteiger partial charge < -0.3 is 19.3 Å². The molecule has 0 spiro atoms. The third-order valence-electron chi connectivity index (χ3n) is 5.68. The molecule has 48 heavy (non-hydrogen) atoms. The summed E-state index contributed by atoms with van der Waals surface area (Å²) in [6.45, 7) is 15.1. The number of esters is 1. The van der Waals surface area contributed by atoms with E-state index in [1.807, 2.05) is 0 Å². The summed E-state index contributed by atoms with van der Waals surface area (Å²) in [4.78, 5) is 68.8. The van der Waals surface area contributed by atoms with Crippen molar-refractivity contribution in [2.75, 3.05) is 0 Å². The molecule has 256 valence electrons. The number of hydrogen-bond acceptors (Lipinski definition) is 13. The Hall–Kier alpha value is -5.94. The predicted octanol–water partition coefficient (Wildman–Crippen LogP) is 6.11. The van der Waals surface area contributed by atoms with E-state index < -0.39 is 56.5 Å². The summed E-state index contributed by atoms with van der Waals surface area (Å²) < 4.78 is 17.4. The maximum absolute atomic E-state index is 12.5. The van der Waals surface area contributed by atoms with E-state index in [2.05, 4.69) is 10.2 Å². The molecule has 2 heterocycles. The molecule has 0 radical (unpaired) electrons. The van der Waals surface area contributed by atoms with Gasteiger partial charge in [-0.05, 0) is 74.4 Å². The molecule has 18 heteroatoms. The van der Waals surface area contributed by atoms with Crippen LogP contribution in [0, 0.1) is 20.2 Å². The summed E-state index contributed by atoms with van der Waals surface area (Å²) >= 11 is 0. The lowest BCUT2D eigenvalue weighted by molar-refractivity contribution is -0.384. The first-order valence-electron chi connectivity index (χ1n) is 14.2. The highest BCUT2D eigenvalue weighted by atomic mass is 16.6. The van der Waals surface area contributed by atoms with Crippen molar-refractivity contribution in [3.8, 4) is 0 Å². The second-order valence-corrected chi connectivity index (χ2v) is 13.2. The minimum atomic E-state index is -1.40. The molecule has 0 atom stereocenters. The highest BCUT2D eigenvalue weighted by Crippen LogP contribution is 2.27. The third kappa shape index (κ3) is 8.86. The number of carboxylic acid groups (broad SMARTS) is 1. The number of carbonyl (C=O) groups is 4. The Kier molecular flexibility index (Phi) is 9.93. The largest absolute Gasteiger partial charge is 0.476 e. The number of carbonyl (C=O) groups excluding carboxylic acids is 3. The van der Waals surface area contributed by atoms with Crippen molar-refractivity contribution in [3.05, 3.63) is 68.0 Å². The van der Waals surface area contributed by atoms with Crippen molar-refractivity contribution in [1.29, 1.82) is 0 Å². The summed E-state index contributed by atoms with van der Waals surface area (Å²) in [5.74, 6) is -2.18. The molecule has 4 aromatic rings. The molecule has 0 saturated carbocycles. The average molecular weight is 671 g/mol. The van der Waals surface area contributed by atoms with Gasteiger partial charge in [0.2, 0.25) is 0 Å². The molecule has 2 aromatic heterocycles. The summed E-state index contributed by atoms with van der Waals surface area (Å²) in [7, 11) is 0. The van der Waals surface area contributed by atoms with Crippen molar-refractivity contribution in [1.82, 2.24) is 19.6 Å². The molecule has 2 aromatic carbocycles. The first-order chi connectivity index (χ1) is 21.9. The van der Waals surface area contributed by atoms with Crippen LogP contribution in [0.25, 0.3) is 21.8 Å². The van der Waals surface area contributed by atoms with Gasteiger partial charge in [0.05, 0.1) is 20.9 Å². The van der Waals surface area contributed by atoms with E-state index in [9.17, 15) is 39.4 Å². The zero-order valence-corrected chi connectivity index (χ0v) is 27.6. The number of nitro benzene ring substituents is 2. The molecule has 0 aliphatic rings. The monoisotopic (exact) mass is 670 g/mol. The molecule has 0 saturated heterocycles. The number of aromatic nitrogens is 4. The lowest BCUT2D eigenvalue weighted by Crippen LogP contribution is -2.28. The highest BCUT2D eigenvalue weighted by molar-refractivity contribution is 6.05. The molecule has 18 nitrogen and oxygen atoms in total. The molecule has 4 rings (SSSR count). The Morgan fingerprint density at radius 1 is 0.646 bits per heavy atom. The van der Waals surface area contributed by atoms with E-state index in [0.717, 1.165) is 21.5 Å². The maximum Gasteiger partial charge on any atom is 0.435 e. The fourth-order valence-corrected chi connectivity index (χ4v) is 3.96. The molecule has 1 N–H and O–H groups in total. The van der Waals surface area contributed by atoms with Gasteiger partial charge in [0, 0.05) is 35.0 Å². The van der Waals surface area contributed by atoms with Crippen LogP contribution in [0.15, 0.2) is 36.4 Å². The minimum absolute atomic E-state index is 0.00689. The third-order valence-corrected chi connectivity index (χ3v) is 5.68. The van der Waals surface area contributed by atoms with Crippen molar-refractivity contribution in [2.24, 2.45) is 0 Å². The molecule has 0 fully saturated rings. The number of nitro groups is 2. The van der Waals surface area contributed by atoms with Gasteiger partial charge in [-0.2, -0.15) is 19.6 Å². The van der Waals surface area contributed by atoms with Gasteiger partial charge in [0.15, 0.2) is 11.4 Å². The van der Waals surface area contributed by atoms with E-state index in [1.165, 1.54) is 24.3 Å². The zero-order chi connectivity index (χ0) is 36.5. The van der Waals surface area contributed by atoms with Gasteiger partial charge >= 0.3 is 24.1 Å². The molecule has 0 bridgehead atoms. The Balaban J connectivity index is 0.000000264. The predicted molar refractivity (Wildman–Crippen MR) is 168 cm³/mol. The number of rotatable bonds is 4. The van der Waals surface area contributed by atoms with Crippen molar-refractivity contribution < 1.29 is 48.3 Å². The molecular weight excluding hydrogens is 636 g/mol. The Bertz CT molecular complexity index is 1950. The summed E-state index contributed by atoms with van der Waals surface area (Å²) in [6, 6.07) is 7.24. The van der Waals surface area contributed by atoms with E-state index in [1.54, 1.807) is 62.3 Å². The molecule has 0 amide bonds. The lowest BCUT2D eigenvalue weighted by Gasteiger charge is -2.19. The number of benzene rings is 2. The van der Waals surface area contributed by atoms with Gasteiger partial charge in [-0.1, -0.05) is 0 Å². The SMILES string of the molecule is CC(C)(C)OC(=O)c1nn(C(=O)OC(C)(C)C)c2ccc([N+](=O)[O-])cc12.CC(C)(C)OC(=O)n1nc(C(=O)O)c2cc([N+](=O)[O-])ccc21. The van der Waals surface area contributed by atoms with Crippen LogP contribution in [0.1, 0.15) is 83.3 Å². The number of aromatic carboxylic acids is 1. The van der Waals surface area contributed by atoms with Crippen LogP contribution in [0.5, 0.6) is 0 Å². The van der Waals surface area contributed by atoms with Crippen molar-refractivity contribution in [3.63, 3.8) is 0 Å².